The molecule has 1 saturated heterocycles. The summed E-state index contributed by atoms with van der Waals surface area (Å²) in [5.41, 5.74) is 1.68. The number of hydrogen-bond acceptors (Lipinski definition) is 2. The van der Waals surface area contributed by atoms with Crippen LogP contribution >= 0.6 is 15.9 Å². The highest BCUT2D eigenvalue weighted by Gasteiger charge is 2.42. The fraction of sp³-hybridized carbons (Fsp3) is 0.278. The minimum absolute atomic E-state index is 0.126. The van der Waals surface area contributed by atoms with Crippen LogP contribution in [0.1, 0.15) is 29.9 Å². The number of hydrogen-bond donors (Lipinski definition) is 0. The van der Waals surface area contributed by atoms with Crippen LogP contribution in [-0.2, 0) is 15.1 Å². The van der Waals surface area contributed by atoms with Crippen LogP contribution in [0.3, 0.4) is 0 Å². The van der Waals surface area contributed by atoms with Crippen molar-refractivity contribution in [1.82, 2.24) is 0 Å². The number of rotatable bonds is 3. The minimum Gasteiger partial charge on any atom is -0.453 e. The van der Waals surface area contributed by atoms with Crippen molar-refractivity contribution in [2.75, 3.05) is 5.33 Å². The number of halogens is 1. The van der Waals surface area contributed by atoms with E-state index in [1.54, 1.807) is 0 Å². The lowest BCUT2D eigenvalue weighted by atomic mass is 9.79. The Bertz CT molecular complexity index is 612. The van der Waals surface area contributed by atoms with E-state index >= 15 is 0 Å². The van der Waals surface area contributed by atoms with Gasteiger partial charge in [-0.3, -0.25) is 4.79 Å². The zero-order valence-electron chi connectivity index (χ0n) is 11.7. The summed E-state index contributed by atoms with van der Waals surface area (Å²) >= 11 is 3.56. The van der Waals surface area contributed by atoms with Crippen LogP contribution in [-0.4, -0.2) is 11.3 Å². The third kappa shape index (κ3) is 2.88. The second-order valence-electron chi connectivity index (χ2n) is 5.48. The van der Waals surface area contributed by atoms with Crippen LogP contribution in [0.15, 0.2) is 60.7 Å². The number of benzene rings is 2. The first kappa shape index (κ1) is 14.3. The van der Waals surface area contributed by atoms with E-state index in [1.807, 2.05) is 48.5 Å². The summed E-state index contributed by atoms with van der Waals surface area (Å²) in [6.07, 6.45) is 1.25. The molecule has 0 unspecified atom stereocenters. The van der Waals surface area contributed by atoms with E-state index in [9.17, 15) is 4.79 Å². The van der Waals surface area contributed by atoms with Crippen molar-refractivity contribution in [1.29, 1.82) is 0 Å². The van der Waals surface area contributed by atoms with Gasteiger partial charge in [-0.25, -0.2) is 0 Å². The Hall–Kier alpha value is -1.61. The topological polar surface area (TPSA) is 26.3 Å². The molecule has 0 aliphatic carbocycles. The van der Waals surface area contributed by atoms with E-state index in [0.717, 1.165) is 12.0 Å². The maximum absolute atomic E-state index is 12.2. The van der Waals surface area contributed by atoms with Gasteiger partial charge in [0.05, 0.1) is 6.42 Å². The lowest BCUT2D eigenvalue weighted by Crippen LogP contribution is -2.40. The molecule has 108 valence electrons. The Labute approximate surface area is 133 Å². The molecule has 2 atom stereocenters. The third-order valence-corrected chi connectivity index (χ3v) is 4.99. The highest BCUT2D eigenvalue weighted by molar-refractivity contribution is 9.09. The summed E-state index contributed by atoms with van der Waals surface area (Å²) in [6, 6.07) is 20.2. The standard InChI is InChI=1S/C18H17BrO2/c19-13-18(16-9-5-2-6-10-16)12-15(11-17(20)21-18)14-7-3-1-4-8-14/h1-10,15H,11-13H2/t15-,18+/m0/s1. The Balaban J connectivity index is 1.97. The van der Waals surface area contributed by atoms with Crippen LogP contribution in [0.4, 0.5) is 0 Å². The lowest BCUT2D eigenvalue weighted by Gasteiger charge is -2.39. The van der Waals surface area contributed by atoms with Crippen LogP contribution < -0.4 is 0 Å². The first-order valence-electron chi connectivity index (χ1n) is 7.12. The molecular formula is C18H17BrO2. The Morgan fingerprint density at radius 1 is 1.05 bits per heavy atom. The van der Waals surface area contributed by atoms with E-state index in [2.05, 4.69) is 28.1 Å². The summed E-state index contributed by atoms with van der Waals surface area (Å²) in [5.74, 6) is 0.0728. The van der Waals surface area contributed by atoms with Crippen molar-refractivity contribution in [3.8, 4) is 0 Å². The maximum atomic E-state index is 12.2. The fourth-order valence-corrected chi connectivity index (χ4v) is 3.68. The van der Waals surface area contributed by atoms with Crippen LogP contribution in [0.5, 0.6) is 0 Å². The van der Waals surface area contributed by atoms with Crippen molar-refractivity contribution in [3.05, 3.63) is 71.8 Å². The average molecular weight is 345 g/mol. The summed E-state index contributed by atoms with van der Waals surface area (Å²) in [4.78, 5) is 12.2. The van der Waals surface area contributed by atoms with Crippen LogP contribution in [0, 0.1) is 0 Å². The molecule has 0 spiro atoms. The largest absolute Gasteiger partial charge is 0.453 e. The van der Waals surface area contributed by atoms with E-state index < -0.39 is 5.60 Å². The van der Waals surface area contributed by atoms with Gasteiger partial charge in [-0.2, -0.15) is 0 Å². The van der Waals surface area contributed by atoms with Crippen LogP contribution in [0.2, 0.25) is 0 Å². The number of ether oxygens (including phenoxy) is 1. The zero-order valence-corrected chi connectivity index (χ0v) is 13.3. The Morgan fingerprint density at radius 2 is 1.67 bits per heavy atom. The minimum atomic E-state index is -0.572. The number of esters is 1. The average Bonchev–Trinajstić information content (AvgIpc) is 2.56. The molecule has 3 rings (SSSR count). The Morgan fingerprint density at radius 3 is 2.29 bits per heavy atom. The molecule has 1 heterocycles. The quantitative estimate of drug-likeness (QED) is 0.609. The second kappa shape index (κ2) is 6.02. The summed E-state index contributed by atoms with van der Waals surface area (Å²) in [5, 5.41) is 0.610. The maximum Gasteiger partial charge on any atom is 0.307 e. The van der Waals surface area contributed by atoms with Crippen molar-refractivity contribution in [3.63, 3.8) is 0 Å². The highest BCUT2D eigenvalue weighted by atomic mass is 79.9. The molecule has 0 radical (unpaired) electrons. The molecule has 2 nitrogen and oxygen atoms in total. The first-order valence-corrected chi connectivity index (χ1v) is 8.24. The summed E-state index contributed by atoms with van der Waals surface area (Å²) in [7, 11) is 0. The van der Waals surface area contributed by atoms with Crippen molar-refractivity contribution < 1.29 is 9.53 Å². The SMILES string of the molecule is O=C1C[C@H](c2ccccc2)C[C@@](CBr)(c2ccccc2)O1. The molecule has 1 aliphatic rings. The van der Waals surface area contributed by atoms with Gasteiger partial charge in [0.1, 0.15) is 5.60 Å². The van der Waals surface area contributed by atoms with Gasteiger partial charge in [0.25, 0.3) is 0 Å². The lowest BCUT2D eigenvalue weighted by molar-refractivity contribution is -0.167. The predicted molar refractivity (Wildman–Crippen MR) is 86.4 cm³/mol. The molecule has 0 amide bonds. The van der Waals surface area contributed by atoms with Gasteiger partial charge in [0, 0.05) is 5.33 Å². The zero-order chi connectivity index (χ0) is 14.7. The first-order chi connectivity index (χ1) is 10.2. The molecule has 2 aromatic rings. The molecule has 3 heteroatoms. The second-order valence-corrected chi connectivity index (χ2v) is 6.04. The molecule has 0 N–H and O–H groups in total. The number of alkyl halides is 1. The molecule has 1 aliphatic heterocycles. The third-order valence-electron chi connectivity index (χ3n) is 4.09. The number of cyclic esters (lactones) is 1. The van der Waals surface area contributed by atoms with Gasteiger partial charge in [0.15, 0.2) is 0 Å². The van der Waals surface area contributed by atoms with Crippen molar-refractivity contribution in [2.24, 2.45) is 0 Å². The molecular weight excluding hydrogens is 328 g/mol. The van der Waals surface area contributed by atoms with E-state index in [-0.39, 0.29) is 11.9 Å². The monoisotopic (exact) mass is 344 g/mol. The Kier molecular flexibility index (Phi) is 4.11. The predicted octanol–water partition coefficient (Wildman–Crippen LogP) is 4.40. The molecule has 21 heavy (non-hydrogen) atoms. The van der Waals surface area contributed by atoms with Gasteiger partial charge in [-0.05, 0) is 23.5 Å². The number of carbonyl (C=O) groups is 1. The van der Waals surface area contributed by atoms with E-state index in [0.29, 0.717) is 11.8 Å². The van der Waals surface area contributed by atoms with Gasteiger partial charge < -0.3 is 4.74 Å². The smallest absolute Gasteiger partial charge is 0.307 e. The number of carbonyl (C=O) groups excluding carboxylic acids is 1. The highest BCUT2D eigenvalue weighted by Crippen LogP contribution is 2.43. The molecule has 0 aromatic heterocycles. The fourth-order valence-electron chi connectivity index (χ4n) is 3.01. The van der Waals surface area contributed by atoms with Gasteiger partial charge in [-0.15, -0.1) is 0 Å². The van der Waals surface area contributed by atoms with Crippen LogP contribution in [0.25, 0.3) is 0 Å². The van der Waals surface area contributed by atoms with Gasteiger partial charge in [-0.1, -0.05) is 76.6 Å². The van der Waals surface area contributed by atoms with Gasteiger partial charge in [0.2, 0.25) is 0 Å². The summed E-state index contributed by atoms with van der Waals surface area (Å²) < 4.78 is 5.78. The molecule has 0 bridgehead atoms. The van der Waals surface area contributed by atoms with E-state index in [4.69, 9.17) is 4.74 Å². The van der Waals surface area contributed by atoms with Crippen molar-refractivity contribution >= 4 is 21.9 Å². The molecule has 2 aromatic carbocycles. The molecule has 0 saturated carbocycles. The summed E-state index contributed by atoms with van der Waals surface area (Å²) in [6.45, 7) is 0. The molecule has 1 fully saturated rings. The van der Waals surface area contributed by atoms with E-state index in [1.165, 1.54) is 5.56 Å². The van der Waals surface area contributed by atoms with Gasteiger partial charge >= 0.3 is 5.97 Å². The normalized spacial score (nSPS) is 25.4. The van der Waals surface area contributed by atoms with Crippen molar-refractivity contribution in [2.45, 2.75) is 24.4 Å².